The number of likely N-dealkylation sites (tertiary alicyclic amines) is 2. The average molecular weight is 526 g/mol. The molecule has 1 aromatic carbocycles. The molecule has 0 bridgehead atoms. The number of rotatable bonds is 7. The highest BCUT2D eigenvalue weighted by Gasteiger charge is 2.60. The van der Waals surface area contributed by atoms with Crippen LogP contribution in [-0.4, -0.2) is 69.8 Å². The average Bonchev–Trinajstić information content (AvgIpc) is 3.40. The third-order valence-corrected chi connectivity index (χ3v) is 8.67. The number of aromatic nitrogens is 2. The zero-order chi connectivity index (χ0) is 26.5. The molecule has 3 unspecified atom stereocenters. The van der Waals surface area contributed by atoms with Crippen LogP contribution in [0.2, 0.25) is 5.02 Å². The van der Waals surface area contributed by atoms with Crippen molar-refractivity contribution >= 4 is 29.4 Å². The third kappa shape index (κ3) is 4.82. The number of halogens is 1. The first-order chi connectivity index (χ1) is 17.6. The van der Waals surface area contributed by atoms with E-state index in [0.717, 1.165) is 5.56 Å². The van der Waals surface area contributed by atoms with Crippen LogP contribution in [0.25, 0.3) is 0 Å². The normalized spacial score (nSPS) is 23.0. The molecular formula is C27H32ClN5O4. The van der Waals surface area contributed by atoms with Gasteiger partial charge in [0.25, 0.3) is 5.91 Å². The van der Waals surface area contributed by atoms with Crippen LogP contribution in [0.4, 0.5) is 0 Å². The van der Waals surface area contributed by atoms with Gasteiger partial charge in [0, 0.05) is 43.7 Å². The van der Waals surface area contributed by atoms with Crippen LogP contribution in [0.3, 0.4) is 0 Å². The Morgan fingerprint density at radius 1 is 1.08 bits per heavy atom. The van der Waals surface area contributed by atoms with Gasteiger partial charge in [-0.05, 0) is 63.1 Å². The number of carbonyl (C=O) groups excluding carboxylic acids is 3. The maximum atomic E-state index is 13.4. The molecule has 1 saturated carbocycles. The molecule has 37 heavy (non-hydrogen) atoms. The standard InChI is InChI=1S/C27H32ClN5O4/c1-15-4-5-20(8-21(15)28)37-26(36)27(6-7-27)22(9-23(29)34)32-10-18-12-33(13-19(18)11-32)25(35)24-16(2)30-14-31-17(24)3/h4-5,8,14,18-19,22H,6-7,9-13H2,1-3H3,(H2,29,34). The Morgan fingerprint density at radius 3 is 2.24 bits per heavy atom. The van der Waals surface area contributed by atoms with Gasteiger partial charge in [-0.25, -0.2) is 9.97 Å². The number of carbonyl (C=O) groups is 3. The van der Waals surface area contributed by atoms with Crippen LogP contribution >= 0.6 is 11.6 Å². The molecule has 2 aromatic rings. The van der Waals surface area contributed by atoms with Gasteiger partial charge in [-0.1, -0.05) is 17.7 Å². The summed E-state index contributed by atoms with van der Waals surface area (Å²) in [4.78, 5) is 51.2. The molecule has 0 spiro atoms. The minimum absolute atomic E-state index is 0.0377. The Bertz CT molecular complexity index is 1230. The molecule has 9 nitrogen and oxygen atoms in total. The molecule has 0 radical (unpaired) electrons. The summed E-state index contributed by atoms with van der Waals surface area (Å²) in [7, 11) is 0. The van der Waals surface area contributed by atoms with Gasteiger partial charge >= 0.3 is 5.97 Å². The summed E-state index contributed by atoms with van der Waals surface area (Å²) in [5.41, 5.74) is 7.71. The Kier molecular flexibility index (Phi) is 6.70. The molecule has 10 heteroatoms. The Hall–Kier alpha value is -3.04. The van der Waals surface area contributed by atoms with Crippen LogP contribution in [-0.2, 0) is 9.59 Å². The molecule has 3 atom stereocenters. The molecule has 1 aromatic heterocycles. The van der Waals surface area contributed by atoms with Gasteiger partial charge in [0.05, 0.1) is 22.4 Å². The fourth-order valence-electron chi connectivity index (χ4n) is 6.03. The summed E-state index contributed by atoms with van der Waals surface area (Å²) in [5.74, 6) is 0.0883. The Labute approximate surface area is 221 Å². The van der Waals surface area contributed by atoms with Crippen LogP contribution in [0.1, 0.15) is 46.6 Å². The van der Waals surface area contributed by atoms with Crippen molar-refractivity contribution in [2.45, 2.75) is 46.1 Å². The van der Waals surface area contributed by atoms with Gasteiger partial charge in [0.1, 0.15) is 12.1 Å². The largest absolute Gasteiger partial charge is 0.426 e. The van der Waals surface area contributed by atoms with Gasteiger partial charge in [0.15, 0.2) is 0 Å². The minimum Gasteiger partial charge on any atom is -0.426 e. The number of nitrogens with zero attached hydrogens (tertiary/aromatic N) is 4. The fourth-order valence-corrected chi connectivity index (χ4v) is 6.20. The SMILES string of the molecule is Cc1ccc(OC(=O)C2(C(CC(N)=O)N3CC4CN(C(=O)c5c(C)ncnc5C)CC4C3)CC2)cc1Cl. The number of amides is 2. The van der Waals surface area contributed by atoms with Crippen molar-refractivity contribution in [3.05, 3.63) is 52.1 Å². The number of ether oxygens (including phenoxy) is 1. The lowest BCUT2D eigenvalue weighted by Crippen LogP contribution is -2.48. The zero-order valence-corrected chi connectivity index (χ0v) is 22.1. The van der Waals surface area contributed by atoms with Crippen LogP contribution in [0.15, 0.2) is 24.5 Å². The number of nitrogens with two attached hydrogens (primary N) is 1. The molecule has 2 aliphatic heterocycles. The van der Waals surface area contributed by atoms with E-state index in [0.29, 0.717) is 66.7 Å². The molecule has 2 N–H and O–H groups in total. The van der Waals surface area contributed by atoms with E-state index in [9.17, 15) is 14.4 Å². The number of primary amides is 1. The van der Waals surface area contributed by atoms with E-state index < -0.39 is 11.3 Å². The first-order valence-corrected chi connectivity index (χ1v) is 13.0. The number of esters is 1. The van der Waals surface area contributed by atoms with E-state index in [2.05, 4.69) is 14.9 Å². The fraction of sp³-hybridized carbons (Fsp3) is 0.519. The summed E-state index contributed by atoms with van der Waals surface area (Å²) >= 11 is 6.21. The molecule has 2 amide bonds. The van der Waals surface area contributed by atoms with Crippen LogP contribution in [0, 0.1) is 38.0 Å². The lowest BCUT2D eigenvalue weighted by molar-refractivity contribution is -0.144. The van der Waals surface area contributed by atoms with Crippen molar-refractivity contribution in [1.82, 2.24) is 19.8 Å². The number of fused-ring (bicyclic) bond motifs is 1. The highest BCUT2D eigenvalue weighted by Crippen LogP contribution is 2.54. The van der Waals surface area contributed by atoms with E-state index in [1.807, 2.05) is 31.7 Å². The summed E-state index contributed by atoms with van der Waals surface area (Å²) in [6.07, 6.45) is 2.85. The van der Waals surface area contributed by atoms with Crippen LogP contribution in [0.5, 0.6) is 5.75 Å². The number of hydrogen-bond acceptors (Lipinski definition) is 7. The Morgan fingerprint density at radius 2 is 1.70 bits per heavy atom. The summed E-state index contributed by atoms with van der Waals surface area (Å²) in [6.45, 7) is 8.17. The maximum Gasteiger partial charge on any atom is 0.319 e. The topological polar surface area (TPSA) is 119 Å². The molecule has 2 saturated heterocycles. The van der Waals surface area contributed by atoms with Crippen LogP contribution < -0.4 is 10.5 Å². The summed E-state index contributed by atoms with van der Waals surface area (Å²) in [5, 5.41) is 0.530. The van der Waals surface area contributed by atoms with Gasteiger partial charge in [-0.2, -0.15) is 0 Å². The van der Waals surface area contributed by atoms with E-state index in [4.69, 9.17) is 22.1 Å². The minimum atomic E-state index is -0.768. The Balaban J connectivity index is 1.29. The smallest absolute Gasteiger partial charge is 0.319 e. The lowest BCUT2D eigenvalue weighted by atomic mass is 9.91. The quantitative estimate of drug-likeness (QED) is 0.436. The van der Waals surface area contributed by atoms with Crippen molar-refractivity contribution in [3.63, 3.8) is 0 Å². The van der Waals surface area contributed by atoms with E-state index in [-0.39, 0.29) is 36.2 Å². The highest BCUT2D eigenvalue weighted by atomic mass is 35.5. The predicted molar refractivity (Wildman–Crippen MR) is 137 cm³/mol. The zero-order valence-electron chi connectivity index (χ0n) is 21.4. The molecular weight excluding hydrogens is 494 g/mol. The number of benzene rings is 1. The summed E-state index contributed by atoms with van der Waals surface area (Å²) < 4.78 is 5.75. The second-order valence-corrected chi connectivity index (χ2v) is 11.2. The van der Waals surface area contributed by atoms with Crippen molar-refractivity contribution in [1.29, 1.82) is 0 Å². The van der Waals surface area contributed by atoms with Crippen molar-refractivity contribution in [2.24, 2.45) is 23.0 Å². The number of hydrogen-bond donors (Lipinski definition) is 1. The van der Waals surface area contributed by atoms with Gasteiger partial charge in [0.2, 0.25) is 5.91 Å². The predicted octanol–water partition coefficient (Wildman–Crippen LogP) is 2.69. The molecule has 5 rings (SSSR count). The van der Waals surface area contributed by atoms with E-state index in [1.165, 1.54) is 6.33 Å². The first-order valence-electron chi connectivity index (χ1n) is 12.7. The monoisotopic (exact) mass is 525 g/mol. The van der Waals surface area contributed by atoms with Gasteiger partial charge < -0.3 is 15.4 Å². The molecule has 196 valence electrons. The molecule has 3 fully saturated rings. The lowest BCUT2D eigenvalue weighted by Gasteiger charge is -2.34. The van der Waals surface area contributed by atoms with E-state index in [1.54, 1.807) is 12.1 Å². The van der Waals surface area contributed by atoms with Gasteiger partial charge in [-0.15, -0.1) is 0 Å². The van der Waals surface area contributed by atoms with Gasteiger partial charge in [-0.3, -0.25) is 19.3 Å². The van der Waals surface area contributed by atoms with E-state index >= 15 is 0 Å². The first kappa shape index (κ1) is 25.6. The highest BCUT2D eigenvalue weighted by molar-refractivity contribution is 6.31. The van der Waals surface area contributed by atoms with Crippen molar-refractivity contribution < 1.29 is 19.1 Å². The summed E-state index contributed by atoms with van der Waals surface area (Å²) in [6, 6.07) is 4.84. The second-order valence-electron chi connectivity index (χ2n) is 10.7. The molecule has 3 aliphatic rings. The molecule has 3 heterocycles. The van der Waals surface area contributed by atoms with Crippen molar-refractivity contribution in [2.75, 3.05) is 26.2 Å². The molecule has 1 aliphatic carbocycles. The maximum absolute atomic E-state index is 13.4. The van der Waals surface area contributed by atoms with Crippen molar-refractivity contribution in [3.8, 4) is 5.75 Å². The number of aryl methyl sites for hydroxylation is 3. The third-order valence-electron chi connectivity index (χ3n) is 8.26. The second kappa shape index (κ2) is 9.68.